The molecule has 1 aliphatic rings. The number of nitrogens with zero attached hydrogens (tertiary/aromatic N) is 2. The summed E-state index contributed by atoms with van der Waals surface area (Å²) < 4.78 is 13.8. The molecule has 0 bridgehead atoms. The van der Waals surface area contributed by atoms with Crippen LogP contribution in [0.5, 0.6) is 11.5 Å². The predicted molar refractivity (Wildman–Crippen MR) is 134 cm³/mol. The highest BCUT2D eigenvalue weighted by Gasteiger charge is 2.35. The van der Waals surface area contributed by atoms with Crippen LogP contribution in [-0.2, 0) is 9.53 Å². The Morgan fingerprint density at radius 3 is 2.71 bits per heavy atom. The lowest BCUT2D eigenvalue weighted by molar-refractivity contribution is -0.143. The van der Waals surface area contributed by atoms with Gasteiger partial charge in [0.15, 0.2) is 4.80 Å². The number of phenols is 1. The Labute approximate surface area is 208 Å². The molecule has 0 spiro atoms. The average molecular weight is 543 g/mol. The second-order valence-corrected chi connectivity index (χ2v) is 9.94. The van der Waals surface area contributed by atoms with Gasteiger partial charge in [0, 0.05) is 10.0 Å². The number of fused-ring (bicyclic) bond motifs is 1. The molecule has 1 atom stereocenters. The van der Waals surface area contributed by atoms with E-state index in [9.17, 15) is 14.7 Å². The molecule has 0 amide bonds. The molecule has 9 heteroatoms. The number of methoxy groups -OCH3 is 1. The van der Waals surface area contributed by atoms with Gasteiger partial charge >= 0.3 is 5.97 Å². The molecule has 1 N–H and O–H groups in total. The Kier molecular flexibility index (Phi) is 6.77. The number of ether oxygens (including phenoxy) is 2. The smallest absolute Gasteiger partial charge is 0.338 e. The summed E-state index contributed by atoms with van der Waals surface area (Å²) in [5.41, 5.74) is 1.76. The Balaban J connectivity index is 2.01. The number of thiazole rings is 1. The third-order valence-corrected chi connectivity index (χ3v) is 6.71. The minimum atomic E-state index is -0.790. The Morgan fingerprint density at radius 1 is 1.26 bits per heavy atom. The van der Waals surface area contributed by atoms with Gasteiger partial charge in [0.05, 0.1) is 29.0 Å². The van der Waals surface area contributed by atoms with Crippen LogP contribution in [-0.4, -0.2) is 28.9 Å². The molecule has 3 aromatic rings. The van der Waals surface area contributed by atoms with Gasteiger partial charge < -0.3 is 14.6 Å². The zero-order valence-electron chi connectivity index (χ0n) is 19.0. The number of halogens is 1. The second kappa shape index (κ2) is 9.60. The highest BCUT2D eigenvalue weighted by atomic mass is 79.9. The van der Waals surface area contributed by atoms with Crippen LogP contribution in [0.3, 0.4) is 0 Å². The lowest BCUT2D eigenvalue weighted by Crippen LogP contribution is -2.40. The molecule has 0 fully saturated rings. The van der Waals surface area contributed by atoms with Crippen molar-refractivity contribution < 1.29 is 19.4 Å². The van der Waals surface area contributed by atoms with E-state index in [1.165, 1.54) is 15.9 Å². The van der Waals surface area contributed by atoms with Crippen LogP contribution in [0.2, 0.25) is 0 Å². The molecule has 2 heterocycles. The van der Waals surface area contributed by atoms with Crippen molar-refractivity contribution >= 4 is 39.3 Å². The van der Waals surface area contributed by atoms with E-state index in [0.717, 1.165) is 4.47 Å². The first kappa shape index (κ1) is 24.0. The minimum absolute atomic E-state index is 0.104. The first-order valence-electron chi connectivity index (χ1n) is 10.6. The maximum atomic E-state index is 13.7. The number of esters is 1. The predicted octanol–water partition coefficient (Wildman–Crippen LogP) is 3.66. The van der Waals surface area contributed by atoms with Crippen molar-refractivity contribution in [3.8, 4) is 11.5 Å². The molecule has 0 aliphatic carbocycles. The second-order valence-electron chi connectivity index (χ2n) is 8.02. The number of allylic oxidation sites excluding steroid dienone is 1. The van der Waals surface area contributed by atoms with Crippen molar-refractivity contribution in [2.75, 3.05) is 7.11 Å². The Hall–Kier alpha value is -3.17. The van der Waals surface area contributed by atoms with Crippen LogP contribution in [0.15, 0.2) is 68.0 Å². The molecule has 4 rings (SSSR count). The number of carbonyl (C=O) groups is 1. The zero-order valence-corrected chi connectivity index (χ0v) is 21.4. The topological polar surface area (TPSA) is 90.1 Å². The summed E-state index contributed by atoms with van der Waals surface area (Å²) in [5.74, 6) is 0.0960. The van der Waals surface area contributed by atoms with Gasteiger partial charge in [0.1, 0.15) is 17.5 Å². The molecule has 176 valence electrons. The van der Waals surface area contributed by atoms with Gasteiger partial charge in [-0.15, -0.1) is 0 Å². The van der Waals surface area contributed by atoms with E-state index in [1.54, 1.807) is 64.3 Å². The standard InChI is InChI=1S/C25H23BrN2O5S/c1-13(2)33-24(31)21-14(3)27-25-28(22(21)18-12-16(26)8-9-19(18)32-4)23(30)20(34-25)11-15-6-5-7-17(29)10-15/h5-13,22,29H,1-4H3/b20-11-/t22-/m1/s1. The van der Waals surface area contributed by atoms with E-state index in [-0.39, 0.29) is 23.0 Å². The van der Waals surface area contributed by atoms with Crippen molar-refractivity contribution in [3.63, 3.8) is 0 Å². The number of carbonyl (C=O) groups excluding carboxylic acids is 1. The molecule has 0 radical (unpaired) electrons. The normalized spacial score (nSPS) is 15.8. The number of aromatic nitrogens is 1. The first-order chi connectivity index (χ1) is 16.2. The molecule has 34 heavy (non-hydrogen) atoms. The van der Waals surface area contributed by atoms with Crippen molar-refractivity contribution in [2.45, 2.75) is 32.9 Å². The monoisotopic (exact) mass is 542 g/mol. The largest absolute Gasteiger partial charge is 0.508 e. The third kappa shape index (κ3) is 4.58. The summed E-state index contributed by atoms with van der Waals surface area (Å²) >= 11 is 4.71. The van der Waals surface area contributed by atoms with Gasteiger partial charge in [-0.05, 0) is 62.7 Å². The van der Waals surface area contributed by atoms with Gasteiger partial charge in [-0.1, -0.05) is 39.4 Å². The van der Waals surface area contributed by atoms with Crippen LogP contribution >= 0.6 is 27.3 Å². The molecular weight excluding hydrogens is 520 g/mol. The average Bonchev–Trinajstić information content (AvgIpc) is 3.06. The fraction of sp³-hybridized carbons (Fsp3) is 0.240. The van der Waals surface area contributed by atoms with E-state index >= 15 is 0 Å². The summed E-state index contributed by atoms with van der Waals surface area (Å²) in [6, 6.07) is 11.3. The summed E-state index contributed by atoms with van der Waals surface area (Å²) in [5, 5.41) is 9.80. The van der Waals surface area contributed by atoms with Gasteiger partial charge in [-0.3, -0.25) is 9.36 Å². The van der Waals surface area contributed by atoms with Crippen LogP contribution in [0, 0.1) is 0 Å². The minimum Gasteiger partial charge on any atom is -0.508 e. The highest BCUT2D eigenvalue weighted by molar-refractivity contribution is 9.10. The molecule has 0 saturated heterocycles. The van der Waals surface area contributed by atoms with Gasteiger partial charge in [0.25, 0.3) is 5.56 Å². The third-order valence-electron chi connectivity index (χ3n) is 5.24. The van der Waals surface area contributed by atoms with Crippen LogP contribution in [0.25, 0.3) is 6.08 Å². The molecule has 1 aromatic heterocycles. The number of benzene rings is 2. The van der Waals surface area contributed by atoms with E-state index in [1.807, 2.05) is 12.1 Å². The SMILES string of the molecule is COc1ccc(Br)cc1[C@@H]1C(C(=O)OC(C)C)=C(C)N=c2s/c(=C\c3cccc(O)c3)c(=O)n21. The van der Waals surface area contributed by atoms with Crippen LogP contribution in [0.4, 0.5) is 0 Å². The van der Waals surface area contributed by atoms with E-state index < -0.39 is 12.0 Å². The lowest BCUT2D eigenvalue weighted by atomic mass is 9.95. The van der Waals surface area contributed by atoms with E-state index in [2.05, 4.69) is 20.9 Å². The van der Waals surface area contributed by atoms with Gasteiger partial charge in [-0.2, -0.15) is 0 Å². The zero-order chi connectivity index (χ0) is 24.6. The van der Waals surface area contributed by atoms with E-state index in [0.29, 0.717) is 31.9 Å². The van der Waals surface area contributed by atoms with Crippen molar-refractivity contribution in [3.05, 3.63) is 89.0 Å². The quantitative estimate of drug-likeness (QED) is 0.497. The lowest BCUT2D eigenvalue weighted by Gasteiger charge is -2.26. The Morgan fingerprint density at radius 2 is 2.03 bits per heavy atom. The van der Waals surface area contributed by atoms with Gasteiger partial charge in [0.2, 0.25) is 0 Å². The van der Waals surface area contributed by atoms with Crippen LogP contribution in [0.1, 0.15) is 37.9 Å². The maximum Gasteiger partial charge on any atom is 0.338 e. The number of hydrogen-bond acceptors (Lipinski definition) is 7. The summed E-state index contributed by atoms with van der Waals surface area (Å²) in [6.07, 6.45) is 1.36. The molecule has 0 saturated carbocycles. The maximum absolute atomic E-state index is 13.7. The number of phenolic OH excluding ortho intramolecular Hbond substituents is 1. The molecular formula is C25H23BrN2O5S. The number of hydrogen-bond donors (Lipinski definition) is 1. The highest BCUT2D eigenvalue weighted by Crippen LogP contribution is 2.37. The van der Waals surface area contributed by atoms with E-state index in [4.69, 9.17) is 9.47 Å². The van der Waals surface area contributed by atoms with Crippen LogP contribution < -0.4 is 19.6 Å². The molecule has 1 aliphatic heterocycles. The fourth-order valence-corrected chi connectivity index (χ4v) is 5.26. The molecule has 7 nitrogen and oxygen atoms in total. The summed E-state index contributed by atoms with van der Waals surface area (Å²) in [4.78, 5) is 31.9. The fourth-order valence-electron chi connectivity index (χ4n) is 3.84. The number of rotatable bonds is 5. The van der Waals surface area contributed by atoms with Crippen molar-refractivity contribution in [2.24, 2.45) is 4.99 Å². The number of aromatic hydroxyl groups is 1. The Bertz CT molecular complexity index is 1490. The summed E-state index contributed by atoms with van der Waals surface area (Å²) in [7, 11) is 1.54. The first-order valence-corrected chi connectivity index (χ1v) is 12.2. The van der Waals surface area contributed by atoms with Crippen molar-refractivity contribution in [1.82, 2.24) is 4.57 Å². The molecule has 2 aromatic carbocycles. The molecule has 0 unspecified atom stereocenters. The van der Waals surface area contributed by atoms with Gasteiger partial charge in [-0.25, -0.2) is 9.79 Å². The van der Waals surface area contributed by atoms with Crippen molar-refractivity contribution in [1.29, 1.82) is 0 Å². The summed E-state index contributed by atoms with van der Waals surface area (Å²) in [6.45, 7) is 5.28.